The first kappa shape index (κ1) is 19.8. The maximum absolute atomic E-state index is 13.3. The average Bonchev–Trinajstić information content (AvgIpc) is 3.29. The molecule has 154 valence electrons. The van der Waals surface area contributed by atoms with Crippen molar-refractivity contribution in [2.24, 2.45) is 0 Å². The third-order valence-corrected chi connectivity index (χ3v) is 5.29. The van der Waals surface area contributed by atoms with Crippen LogP contribution in [0.15, 0.2) is 60.8 Å². The van der Waals surface area contributed by atoms with Crippen molar-refractivity contribution in [2.45, 2.75) is 26.2 Å². The van der Waals surface area contributed by atoms with Crippen LogP contribution in [-0.4, -0.2) is 51.3 Å². The van der Waals surface area contributed by atoms with Crippen LogP contribution in [0.5, 0.6) is 0 Å². The van der Waals surface area contributed by atoms with Gasteiger partial charge >= 0.3 is 0 Å². The quantitative estimate of drug-likeness (QED) is 0.656. The smallest absolute Gasteiger partial charge is 0.280 e. The second-order valence-corrected chi connectivity index (χ2v) is 7.52. The Balaban J connectivity index is 1.60. The number of para-hydroxylation sites is 1. The number of anilines is 1. The molecule has 2 aromatic carbocycles. The largest absolute Gasteiger partial charge is 0.341 e. The lowest BCUT2D eigenvalue weighted by Crippen LogP contribution is -2.45. The van der Waals surface area contributed by atoms with E-state index in [1.54, 1.807) is 0 Å². The molecule has 2 amide bonds. The predicted octanol–water partition coefficient (Wildman–Crippen LogP) is 3.24. The van der Waals surface area contributed by atoms with Crippen LogP contribution < -0.4 is 4.90 Å². The van der Waals surface area contributed by atoms with Gasteiger partial charge in [-0.25, -0.2) is 0 Å². The summed E-state index contributed by atoms with van der Waals surface area (Å²) >= 11 is 0. The Bertz CT molecular complexity index is 1010. The van der Waals surface area contributed by atoms with Crippen molar-refractivity contribution < 1.29 is 9.59 Å². The molecule has 7 heteroatoms. The highest BCUT2D eigenvalue weighted by atomic mass is 16.2. The Morgan fingerprint density at radius 3 is 2.37 bits per heavy atom. The molecule has 0 spiro atoms. The summed E-state index contributed by atoms with van der Waals surface area (Å²) in [6.07, 6.45) is 4.61. The average molecular weight is 403 g/mol. The van der Waals surface area contributed by atoms with Gasteiger partial charge < -0.3 is 4.90 Å². The van der Waals surface area contributed by atoms with Gasteiger partial charge in [-0.1, -0.05) is 35.9 Å². The van der Waals surface area contributed by atoms with Crippen molar-refractivity contribution >= 4 is 17.5 Å². The number of rotatable bonds is 5. The molecule has 0 unspecified atom stereocenters. The molecular formula is C23H25N5O2. The first-order chi connectivity index (χ1) is 14.6. The van der Waals surface area contributed by atoms with Crippen molar-refractivity contribution in [3.63, 3.8) is 0 Å². The number of hydrogen-bond donors (Lipinski definition) is 0. The van der Waals surface area contributed by atoms with Crippen molar-refractivity contribution in [1.82, 2.24) is 19.9 Å². The minimum atomic E-state index is -0.341. The Morgan fingerprint density at radius 2 is 1.67 bits per heavy atom. The van der Waals surface area contributed by atoms with Gasteiger partial charge in [-0.15, -0.1) is 5.10 Å². The zero-order valence-electron chi connectivity index (χ0n) is 17.1. The number of carbonyl (C=O) groups excluding carboxylic acids is 2. The van der Waals surface area contributed by atoms with Crippen molar-refractivity contribution in [3.8, 4) is 5.69 Å². The number of amides is 2. The summed E-state index contributed by atoms with van der Waals surface area (Å²) in [5.74, 6) is -0.384. The van der Waals surface area contributed by atoms with E-state index in [4.69, 9.17) is 0 Å². The van der Waals surface area contributed by atoms with Gasteiger partial charge in [0.05, 0.1) is 11.9 Å². The van der Waals surface area contributed by atoms with Crippen LogP contribution >= 0.6 is 0 Å². The molecule has 1 aliphatic heterocycles. The second kappa shape index (κ2) is 8.90. The number of nitrogens with zero attached hydrogens (tertiary/aromatic N) is 5. The van der Waals surface area contributed by atoms with E-state index in [1.165, 1.54) is 15.9 Å². The van der Waals surface area contributed by atoms with Crippen molar-refractivity contribution in [2.75, 3.05) is 24.5 Å². The zero-order valence-corrected chi connectivity index (χ0v) is 17.1. The van der Waals surface area contributed by atoms with Crippen LogP contribution in [0.25, 0.3) is 5.69 Å². The lowest BCUT2D eigenvalue weighted by Gasteiger charge is -2.30. The summed E-state index contributed by atoms with van der Waals surface area (Å²) in [5.41, 5.74) is 2.72. The van der Waals surface area contributed by atoms with Gasteiger partial charge in [-0.2, -0.15) is 9.90 Å². The van der Waals surface area contributed by atoms with Gasteiger partial charge in [0.25, 0.3) is 5.91 Å². The van der Waals surface area contributed by atoms with Gasteiger partial charge in [0, 0.05) is 18.8 Å². The molecular weight excluding hydrogens is 378 g/mol. The molecule has 0 atom stereocenters. The van der Waals surface area contributed by atoms with E-state index in [1.807, 2.05) is 66.4 Å². The van der Waals surface area contributed by atoms with E-state index in [2.05, 4.69) is 10.2 Å². The molecule has 1 saturated heterocycles. The Labute approximate surface area is 175 Å². The lowest BCUT2D eigenvalue weighted by molar-refractivity contribution is -0.130. The van der Waals surface area contributed by atoms with E-state index in [9.17, 15) is 9.59 Å². The summed E-state index contributed by atoms with van der Waals surface area (Å²) in [7, 11) is 0. The van der Waals surface area contributed by atoms with Crippen LogP contribution in [0.4, 0.5) is 5.69 Å². The highest BCUT2D eigenvalue weighted by molar-refractivity contribution is 6.07. The van der Waals surface area contributed by atoms with Gasteiger partial charge in [0.2, 0.25) is 5.91 Å². The Kier molecular flexibility index (Phi) is 5.88. The van der Waals surface area contributed by atoms with Crippen molar-refractivity contribution in [3.05, 3.63) is 72.1 Å². The summed E-state index contributed by atoms with van der Waals surface area (Å²) in [6.45, 7) is 3.47. The molecule has 0 saturated carbocycles. The standard InChI is InChI=1S/C23H25N5O2/c1-18-10-12-19(13-11-18)27(17-22(29)26-14-6-3-7-15-26)23(30)21-16-24-28(25-21)20-8-4-2-5-9-20/h2,4-5,8-13,16H,3,6-7,14-15,17H2,1H3. The fourth-order valence-electron chi connectivity index (χ4n) is 3.57. The second-order valence-electron chi connectivity index (χ2n) is 7.52. The normalized spacial score (nSPS) is 13.8. The van der Waals surface area contributed by atoms with Gasteiger partial charge in [-0.05, 0) is 50.5 Å². The first-order valence-electron chi connectivity index (χ1n) is 10.3. The highest BCUT2D eigenvalue weighted by Gasteiger charge is 2.26. The van der Waals surface area contributed by atoms with E-state index >= 15 is 0 Å². The molecule has 2 heterocycles. The number of carbonyl (C=O) groups is 2. The van der Waals surface area contributed by atoms with E-state index in [0.717, 1.165) is 43.6 Å². The van der Waals surface area contributed by atoms with E-state index in [0.29, 0.717) is 5.69 Å². The maximum atomic E-state index is 13.3. The van der Waals surface area contributed by atoms with Crippen LogP contribution in [0.3, 0.4) is 0 Å². The predicted molar refractivity (Wildman–Crippen MR) is 115 cm³/mol. The summed E-state index contributed by atoms with van der Waals surface area (Å²) in [4.78, 5) is 31.0. The van der Waals surface area contributed by atoms with Gasteiger partial charge in [0.1, 0.15) is 6.54 Å². The first-order valence-corrected chi connectivity index (χ1v) is 10.3. The molecule has 1 aliphatic rings. The SMILES string of the molecule is Cc1ccc(N(CC(=O)N2CCCCC2)C(=O)c2cnn(-c3ccccc3)n2)cc1. The Morgan fingerprint density at radius 1 is 0.967 bits per heavy atom. The molecule has 0 radical (unpaired) electrons. The number of aromatic nitrogens is 3. The third-order valence-electron chi connectivity index (χ3n) is 5.29. The van der Waals surface area contributed by atoms with Crippen LogP contribution in [-0.2, 0) is 4.79 Å². The van der Waals surface area contributed by atoms with Gasteiger partial charge in [0.15, 0.2) is 5.69 Å². The lowest BCUT2D eigenvalue weighted by atomic mass is 10.1. The zero-order chi connectivity index (χ0) is 20.9. The van der Waals surface area contributed by atoms with Gasteiger partial charge in [-0.3, -0.25) is 14.5 Å². The number of aryl methyl sites for hydroxylation is 1. The minimum absolute atomic E-state index is 0.0138. The van der Waals surface area contributed by atoms with E-state index < -0.39 is 0 Å². The Hall–Kier alpha value is -3.48. The maximum Gasteiger partial charge on any atom is 0.280 e. The number of hydrogen-bond acceptors (Lipinski definition) is 4. The molecule has 0 bridgehead atoms. The van der Waals surface area contributed by atoms with Crippen LogP contribution in [0.1, 0.15) is 35.3 Å². The van der Waals surface area contributed by atoms with E-state index in [-0.39, 0.29) is 24.1 Å². The molecule has 4 rings (SSSR count). The highest BCUT2D eigenvalue weighted by Crippen LogP contribution is 2.19. The van der Waals surface area contributed by atoms with Crippen LogP contribution in [0, 0.1) is 6.92 Å². The summed E-state index contributed by atoms with van der Waals surface area (Å²) in [6, 6.07) is 17.0. The molecule has 0 aliphatic carbocycles. The molecule has 3 aromatic rings. The molecule has 7 nitrogen and oxygen atoms in total. The number of benzene rings is 2. The summed E-state index contributed by atoms with van der Waals surface area (Å²) in [5, 5.41) is 8.58. The fraction of sp³-hybridized carbons (Fsp3) is 0.304. The summed E-state index contributed by atoms with van der Waals surface area (Å²) < 4.78 is 0. The molecule has 1 aromatic heterocycles. The number of piperidine rings is 1. The molecule has 30 heavy (non-hydrogen) atoms. The number of likely N-dealkylation sites (tertiary alicyclic amines) is 1. The molecule has 1 fully saturated rings. The van der Waals surface area contributed by atoms with Crippen LogP contribution in [0.2, 0.25) is 0 Å². The minimum Gasteiger partial charge on any atom is -0.341 e. The fourth-order valence-corrected chi connectivity index (χ4v) is 3.57. The monoisotopic (exact) mass is 403 g/mol. The topological polar surface area (TPSA) is 71.3 Å². The van der Waals surface area contributed by atoms with Crippen molar-refractivity contribution in [1.29, 1.82) is 0 Å². The third kappa shape index (κ3) is 4.40. The molecule has 0 N–H and O–H groups in total.